The molecule has 0 aromatic carbocycles. The highest BCUT2D eigenvalue weighted by Gasteiger charge is 2.46. The summed E-state index contributed by atoms with van der Waals surface area (Å²) in [6.45, 7) is 7.12. The standard InChI is InChI=1S/C14H24N2O3S/c1-10-11(2)20-9-8-15(10)13(19)16-7-5-4-6-14(16,3)12(17)18/h10-11H,4-9H2,1-3H3,(H,17,18). The van der Waals surface area contributed by atoms with Crippen LogP contribution in [0.2, 0.25) is 0 Å². The molecule has 3 unspecified atom stereocenters. The number of thioether (sulfide) groups is 1. The van der Waals surface area contributed by atoms with Gasteiger partial charge in [-0.25, -0.2) is 9.59 Å². The van der Waals surface area contributed by atoms with Crippen LogP contribution < -0.4 is 0 Å². The summed E-state index contributed by atoms with van der Waals surface area (Å²) in [5, 5.41) is 9.91. The van der Waals surface area contributed by atoms with Crippen LogP contribution in [0.5, 0.6) is 0 Å². The lowest BCUT2D eigenvalue weighted by Gasteiger charge is -2.47. The average molecular weight is 300 g/mol. The Balaban J connectivity index is 2.19. The molecule has 20 heavy (non-hydrogen) atoms. The molecule has 6 heteroatoms. The highest BCUT2D eigenvalue weighted by molar-refractivity contribution is 8.00. The van der Waals surface area contributed by atoms with Crippen LogP contribution in [0.1, 0.15) is 40.0 Å². The predicted octanol–water partition coefficient (Wildman–Crippen LogP) is 2.26. The second-order valence-corrected chi connectivity index (χ2v) is 7.47. The van der Waals surface area contributed by atoms with Crippen LogP contribution in [0.25, 0.3) is 0 Å². The van der Waals surface area contributed by atoms with E-state index in [2.05, 4.69) is 13.8 Å². The number of urea groups is 1. The lowest BCUT2D eigenvalue weighted by atomic mass is 9.88. The van der Waals surface area contributed by atoms with Crippen molar-refractivity contribution in [2.75, 3.05) is 18.8 Å². The zero-order valence-corrected chi connectivity index (χ0v) is 13.3. The Morgan fingerprint density at radius 3 is 2.60 bits per heavy atom. The third-order valence-corrected chi connectivity index (χ3v) is 6.05. The van der Waals surface area contributed by atoms with Crippen molar-refractivity contribution in [3.8, 4) is 0 Å². The van der Waals surface area contributed by atoms with Crippen molar-refractivity contribution < 1.29 is 14.7 Å². The van der Waals surface area contributed by atoms with Gasteiger partial charge in [0.15, 0.2) is 0 Å². The number of nitrogens with zero attached hydrogens (tertiary/aromatic N) is 2. The van der Waals surface area contributed by atoms with Crippen LogP contribution in [-0.2, 0) is 4.79 Å². The van der Waals surface area contributed by atoms with Crippen molar-refractivity contribution in [1.29, 1.82) is 0 Å². The van der Waals surface area contributed by atoms with E-state index in [0.29, 0.717) is 24.8 Å². The van der Waals surface area contributed by atoms with Gasteiger partial charge in [-0.2, -0.15) is 11.8 Å². The molecule has 0 aliphatic carbocycles. The largest absolute Gasteiger partial charge is 0.480 e. The summed E-state index contributed by atoms with van der Waals surface area (Å²) in [6.07, 6.45) is 2.30. The number of carbonyl (C=O) groups excluding carboxylic acids is 1. The molecule has 0 spiro atoms. The fourth-order valence-corrected chi connectivity index (χ4v) is 4.11. The molecule has 2 saturated heterocycles. The van der Waals surface area contributed by atoms with Crippen LogP contribution in [0.3, 0.4) is 0 Å². The van der Waals surface area contributed by atoms with Gasteiger partial charge in [0.2, 0.25) is 0 Å². The van der Waals surface area contributed by atoms with Crippen molar-refractivity contribution in [3.63, 3.8) is 0 Å². The fourth-order valence-electron chi connectivity index (χ4n) is 3.01. The van der Waals surface area contributed by atoms with E-state index in [1.54, 1.807) is 11.8 Å². The van der Waals surface area contributed by atoms with Crippen molar-refractivity contribution in [2.24, 2.45) is 0 Å². The zero-order valence-electron chi connectivity index (χ0n) is 12.5. The van der Waals surface area contributed by atoms with Gasteiger partial charge in [-0.1, -0.05) is 6.92 Å². The molecule has 114 valence electrons. The summed E-state index contributed by atoms with van der Waals surface area (Å²) in [6, 6.07) is 0.0514. The van der Waals surface area contributed by atoms with E-state index in [1.165, 1.54) is 0 Å². The maximum Gasteiger partial charge on any atom is 0.329 e. The van der Waals surface area contributed by atoms with Crippen LogP contribution in [0, 0.1) is 0 Å². The number of carboxylic acids is 1. The molecule has 2 aliphatic heterocycles. The lowest BCUT2D eigenvalue weighted by Crippen LogP contribution is -2.63. The summed E-state index contributed by atoms with van der Waals surface area (Å²) in [4.78, 5) is 27.8. The van der Waals surface area contributed by atoms with Crippen molar-refractivity contribution in [1.82, 2.24) is 9.80 Å². The molecule has 0 saturated carbocycles. The van der Waals surface area contributed by atoms with Crippen LogP contribution in [-0.4, -0.2) is 62.6 Å². The number of likely N-dealkylation sites (tertiary alicyclic amines) is 1. The van der Waals surface area contributed by atoms with Crippen LogP contribution in [0.4, 0.5) is 4.79 Å². The summed E-state index contributed by atoms with van der Waals surface area (Å²) >= 11 is 1.87. The summed E-state index contributed by atoms with van der Waals surface area (Å²) in [7, 11) is 0. The number of piperidine rings is 1. The smallest absolute Gasteiger partial charge is 0.329 e. The molecule has 2 aliphatic rings. The third-order valence-electron chi connectivity index (χ3n) is 4.71. The van der Waals surface area contributed by atoms with Gasteiger partial charge in [-0.3, -0.25) is 0 Å². The minimum Gasteiger partial charge on any atom is -0.480 e. The van der Waals surface area contributed by atoms with Gasteiger partial charge < -0.3 is 14.9 Å². The molecule has 2 heterocycles. The molecular formula is C14H24N2O3S. The molecule has 2 amide bonds. The van der Waals surface area contributed by atoms with Gasteiger partial charge >= 0.3 is 12.0 Å². The Bertz CT molecular complexity index is 404. The lowest BCUT2D eigenvalue weighted by molar-refractivity contribution is -0.150. The second-order valence-electron chi connectivity index (χ2n) is 5.98. The molecule has 5 nitrogen and oxygen atoms in total. The van der Waals surface area contributed by atoms with Crippen molar-refractivity contribution >= 4 is 23.8 Å². The quantitative estimate of drug-likeness (QED) is 0.807. The number of rotatable bonds is 1. The van der Waals surface area contributed by atoms with Gasteiger partial charge in [0.1, 0.15) is 5.54 Å². The maximum absolute atomic E-state index is 12.8. The molecule has 0 aromatic rings. The topological polar surface area (TPSA) is 60.9 Å². The van der Waals surface area contributed by atoms with E-state index in [9.17, 15) is 14.7 Å². The minimum absolute atomic E-state index is 0.103. The normalized spacial score (nSPS) is 35.0. The Morgan fingerprint density at radius 2 is 1.95 bits per heavy atom. The monoisotopic (exact) mass is 300 g/mol. The van der Waals surface area contributed by atoms with Crippen molar-refractivity contribution in [3.05, 3.63) is 0 Å². The zero-order chi connectivity index (χ0) is 14.9. The van der Waals surface area contributed by atoms with E-state index in [0.717, 1.165) is 18.6 Å². The van der Waals surface area contributed by atoms with Crippen LogP contribution >= 0.6 is 11.8 Å². The Kier molecular flexibility index (Phi) is 4.52. The van der Waals surface area contributed by atoms with Gasteiger partial charge in [0, 0.05) is 30.1 Å². The fraction of sp³-hybridized carbons (Fsp3) is 0.857. The average Bonchev–Trinajstić information content (AvgIpc) is 2.41. The van der Waals surface area contributed by atoms with E-state index in [1.807, 2.05) is 16.7 Å². The number of carboxylic acid groups (broad SMARTS) is 1. The molecule has 1 N–H and O–H groups in total. The van der Waals surface area contributed by atoms with E-state index < -0.39 is 11.5 Å². The van der Waals surface area contributed by atoms with Gasteiger partial charge in [-0.15, -0.1) is 0 Å². The molecule has 3 atom stereocenters. The molecule has 2 fully saturated rings. The highest BCUT2D eigenvalue weighted by atomic mass is 32.2. The molecule has 0 aromatic heterocycles. The highest BCUT2D eigenvalue weighted by Crippen LogP contribution is 2.32. The first-order valence-electron chi connectivity index (χ1n) is 7.31. The Hall–Kier alpha value is -0.910. The van der Waals surface area contributed by atoms with E-state index >= 15 is 0 Å². The summed E-state index contributed by atoms with van der Waals surface area (Å²) in [5.41, 5.74) is -1.05. The van der Waals surface area contributed by atoms with E-state index in [4.69, 9.17) is 0 Å². The summed E-state index contributed by atoms with van der Waals surface area (Å²) in [5.74, 6) is 0.0344. The number of carbonyl (C=O) groups is 2. The van der Waals surface area contributed by atoms with Crippen molar-refractivity contribution in [2.45, 2.75) is 56.9 Å². The second kappa shape index (κ2) is 5.84. The number of aliphatic carboxylic acids is 1. The molecule has 0 radical (unpaired) electrons. The maximum atomic E-state index is 12.8. The van der Waals surface area contributed by atoms with Gasteiger partial charge in [0.05, 0.1) is 0 Å². The number of amides is 2. The Labute approximate surface area is 124 Å². The molecule has 0 bridgehead atoms. The van der Waals surface area contributed by atoms with Crippen LogP contribution in [0.15, 0.2) is 0 Å². The first kappa shape index (κ1) is 15.5. The number of hydrogen-bond acceptors (Lipinski definition) is 3. The molecule has 2 rings (SSSR count). The number of hydrogen-bond donors (Lipinski definition) is 1. The minimum atomic E-state index is -1.05. The molecular weight excluding hydrogens is 276 g/mol. The summed E-state index contributed by atoms with van der Waals surface area (Å²) < 4.78 is 0. The van der Waals surface area contributed by atoms with E-state index in [-0.39, 0.29) is 12.1 Å². The van der Waals surface area contributed by atoms with Gasteiger partial charge in [0.25, 0.3) is 0 Å². The van der Waals surface area contributed by atoms with Gasteiger partial charge in [-0.05, 0) is 33.1 Å². The first-order chi connectivity index (χ1) is 9.38. The SMILES string of the molecule is CC1SCCN(C(=O)N2CCCCC2(C)C(=O)O)C1C. The third kappa shape index (κ3) is 2.62. The predicted molar refractivity (Wildman–Crippen MR) is 80.1 cm³/mol. The Morgan fingerprint density at radius 1 is 1.25 bits per heavy atom. The first-order valence-corrected chi connectivity index (χ1v) is 8.36.